The van der Waals surface area contributed by atoms with Crippen LogP contribution in [-0.4, -0.2) is 23.1 Å². The lowest BCUT2D eigenvalue weighted by atomic mass is 9.86. The molecule has 2 unspecified atom stereocenters. The molecular formula is C16H28N2S. The van der Waals surface area contributed by atoms with Gasteiger partial charge in [0.15, 0.2) is 0 Å². The van der Waals surface area contributed by atoms with Gasteiger partial charge < -0.3 is 0 Å². The van der Waals surface area contributed by atoms with E-state index in [-0.39, 0.29) is 5.54 Å². The summed E-state index contributed by atoms with van der Waals surface area (Å²) in [5, 5.41) is 13.9. The predicted molar refractivity (Wildman–Crippen MR) is 83.3 cm³/mol. The summed E-state index contributed by atoms with van der Waals surface area (Å²) in [5.74, 6) is 1.83. The van der Waals surface area contributed by atoms with E-state index in [1.807, 2.05) is 0 Å². The monoisotopic (exact) mass is 280 g/mol. The fourth-order valence-corrected chi connectivity index (χ4v) is 5.23. The second kappa shape index (κ2) is 7.55. The summed E-state index contributed by atoms with van der Waals surface area (Å²) < 4.78 is 0. The molecule has 19 heavy (non-hydrogen) atoms. The standard InChI is InChI=1S/C16H28N2S/c1-2-18-16(13-17)11-6-7-14(16)10-12-19-15-8-4-3-5-9-15/h14-15,18H,2-12H2,1H3. The first-order valence-electron chi connectivity index (χ1n) is 8.08. The molecule has 2 saturated carbocycles. The van der Waals surface area contributed by atoms with Crippen molar-refractivity contribution in [2.45, 2.75) is 75.5 Å². The van der Waals surface area contributed by atoms with Crippen LogP contribution in [0.25, 0.3) is 0 Å². The molecule has 3 heteroatoms. The number of thioether (sulfide) groups is 1. The van der Waals surface area contributed by atoms with Crippen molar-refractivity contribution in [2.75, 3.05) is 12.3 Å². The SMILES string of the molecule is CCNC1(C#N)CCCC1CCSC1CCCCC1. The first kappa shape index (κ1) is 15.2. The van der Waals surface area contributed by atoms with Crippen LogP contribution in [0, 0.1) is 17.2 Å². The van der Waals surface area contributed by atoms with Crippen LogP contribution in [0.1, 0.15) is 64.7 Å². The first-order valence-corrected chi connectivity index (χ1v) is 9.13. The van der Waals surface area contributed by atoms with Gasteiger partial charge in [0.05, 0.1) is 6.07 Å². The Balaban J connectivity index is 1.76. The maximum absolute atomic E-state index is 9.55. The second-order valence-corrected chi connectivity index (χ2v) is 7.53. The van der Waals surface area contributed by atoms with Crippen molar-refractivity contribution in [1.82, 2.24) is 5.32 Å². The molecule has 2 aliphatic carbocycles. The molecule has 108 valence electrons. The molecule has 2 atom stereocenters. The Labute approximate surface area is 122 Å². The van der Waals surface area contributed by atoms with E-state index in [0.717, 1.165) is 18.2 Å². The van der Waals surface area contributed by atoms with Gasteiger partial charge in [0.1, 0.15) is 5.54 Å². The predicted octanol–water partition coefficient (Wildman–Crippen LogP) is 4.11. The van der Waals surface area contributed by atoms with Gasteiger partial charge >= 0.3 is 0 Å². The summed E-state index contributed by atoms with van der Waals surface area (Å²) in [6.07, 6.45) is 11.9. The summed E-state index contributed by atoms with van der Waals surface area (Å²) in [7, 11) is 0. The third kappa shape index (κ3) is 3.89. The number of hydrogen-bond acceptors (Lipinski definition) is 3. The van der Waals surface area contributed by atoms with E-state index >= 15 is 0 Å². The zero-order valence-corrected chi connectivity index (χ0v) is 13.1. The van der Waals surface area contributed by atoms with Gasteiger partial charge in [-0.25, -0.2) is 0 Å². The highest BCUT2D eigenvalue weighted by Crippen LogP contribution is 2.39. The Morgan fingerprint density at radius 2 is 2.00 bits per heavy atom. The van der Waals surface area contributed by atoms with Crippen molar-refractivity contribution in [3.63, 3.8) is 0 Å². The zero-order chi connectivity index (χ0) is 13.6. The van der Waals surface area contributed by atoms with Gasteiger partial charge in [0.25, 0.3) is 0 Å². The summed E-state index contributed by atoms with van der Waals surface area (Å²) in [6.45, 7) is 3.03. The summed E-state index contributed by atoms with van der Waals surface area (Å²) in [4.78, 5) is 0. The minimum atomic E-state index is -0.206. The highest BCUT2D eigenvalue weighted by Gasteiger charge is 2.42. The largest absolute Gasteiger partial charge is 0.299 e. The molecular weight excluding hydrogens is 252 g/mol. The number of rotatable bonds is 6. The zero-order valence-electron chi connectivity index (χ0n) is 12.3. The Hall–Kier alpha value is -0.200. The normalized spacial score (nSPS) is 32.3. The highest BCUT2D eigenvalue weighted by atomic mass is 32.2. The van der Waals surface area contributed by atoms with E-state index in [0.29, 0.717) is 5.92 Å². The molecule has 0 aromatic carbocycles. The lowest BCUT2D eigenvalue weighted by Crippen LogP contribution is -2.47. The van der Waals surface area contributed by atoms with Crippen LogP contribution >= 0.6 is 11.8 Å². The van der Waals surface area contributed by atoms with Crippen molar-refractivity contribution in [2.24, 2.45) is 5.92 Å². The van der Waals surface area contributed by atoms with Crippen LogP contribution in [0.2, 0.25) is 0 Å². The molecule has 2 fully saturated rings. The average Bonchev–Trinajstić information content (AvgIpc) is 2.84. The quantitative estimate of drug-likeness (QED) is 0.795. The molecule has 0 heterocycles. The molecule has 0 aromatic heterocycles. The van der Waals surface area contributed by atoms with Crippen molar-refractivity contribution < 1.29 is 0 Å². The van der Waals surface area contributed by atoms with Crippen molar-refractivity contribution in [1.29, 1.82) is 5.26 Å². The van der Waals surface area contributed by atoms with E-state index in [2.05, 4.69) is 30.1 Å². The Morgan fingerprint density at radius 1 is 1.21 bits per heavy atom. The van der Waals surface area contributed by atoms with Crippen LogP contribution in [0.15, 0.2) is 0 Å². The summed E-state index contributed by atoms with van der Waals surface area (Å²) in [5.41, 5.74) is -0.206. The topological polar surface area (TPSA) is 35.8 Å². The van der Waals surface area contributed by atoms with E-state index in [4.69, 9.17) is 0 Å². The Morgan fingerprint density at radius 3 is 2.68 bits per heavy atom. The summed E-state index contributed by atoms with van der Waals surface area (Å²) >= 11 is 2.18. The second-order valence-electron chi connectivity index (χ2n) is 6.12. The maximum Gasteiger partial charge on any atom is 0.109 e. The van der Waals surface area contributed by atoms with E-state index in [1.165, 1.54) is 57.1 Å². The molecule has 2 aliphatic rings. The lowest BCUT2D eigenvalue weighted by molar-refractivity contribution is 0.317. The number of hydrogen-bond donors (Lipinski definition) is 1. The fraction of sp³-hybridized carbons (Fsp3) is 0.938. The minimum absolute atomic E-state index is 0.206. The van der Waals surface area contributed by atoms with Gasteiger partial charge in [-0.15, -0.1) is 0 Å². The van der Waals surface area contributed by atoms with Crippen molar-refractivity contribution >= 4 is 11.8 Å². The molecule has 0 radical (unpaired) electrons. The van der Waals surface area contributed by atoms with Crippen molar-refractivity contribution in [3.05, 3.63) is 0 Å². The lowest BCUT2D eigenvalue weighted by Gasteiger charge is -2.30. The molecule has 0 saturated heterocycles. The molecule has 0 bridgehead atoms. The summed E-state index contributed by atoms with van der Waals surface area (Å²) in [6, 6.07) is 2.60. The molecule has 0 aliphatic heterocycles. The first-order chi connectivity index (χ1) is 9.30. The van der Waals surface area contributed by atoms with Crippen LogP contribution in [0.3, 0.4) is 0 Å². The number of nitrogens with one attached hydrogen (secondary N) is 1. The van der Waals surface area contributed by atoms with Gasteiger partial charge in [0.2, 0.25) is 0 Å². The molecule has 2 nitrogen and oxygen atoms in total. The highest BCUT2D eigenvalue weighted by molar-refractivity contribution is 7.99. The fourth-order valence-electron chi connectivity index (χ4n) is 3.81. The van der Waals surface area contributed by atoms with Crippen LogP contribution < -0.4 is 5.32 Å². The third-order valence-corrected chi connectivity index (χ3v) is 6.30. The number of nitrogens with zero attached hydrogens (tertiary/aromatic N) is 1. The van der Waals surface area contributed by atoms with E-state index < -0.39 is 0 Å². The number of nitriles is 1. The van der Waals surface area contributed by atoms with Crippen LogP contribution in [-0.2, 0) is 0 Å². The molecule has 0 spiro atoms. The molecule has 0 amide bonds. The van der Waals surface area contributed by atoms with Crippen LogP contribution in [0.4, 0.5) is 0 Å². The average molecular weight is 280 g/mol. The van der Waals surface area contributed by atoms with E-state index in [1.54, 1.807) is 0 Å². The van der Waals surface area contributed by atoms with Gasteiger partial charge in [-0.05, 0) is 50.3 Å². The smallest absolute Gasteiger partial charge is 0.109 e. The maximum atomic E-state index is 9.55. The van der Waals surface area contributed by atoms with E-state index in [9.17, 15) is 5.26 Å². The minimum Gasteiger partial charge on any atom is -0.299 e. The van der Waals surface area contributed by atoms with Crippen molar-refractivity contribution in [3.8, 4) is 6.07 Å². The molecule has 1 N–H and O–H groups in total. The Kier molecular flexibility index (Phi) is 6.04. The third-order valence-electron chi connectivity index (χ3n) is 4.88. The van der Waals surface area contributed by atoms with Gasteiger partial charge in [0, 0.05) is 5.25 Å². The Bertz CT molecular complexity index is 306. The van der Waals surface area contributed by atoms with Gasteiger partial charge in [-0.2, -0.15) is 17.0 Å². The van der Waals surface area contributed by atoms with Gasteiger partial charge in [-0.3, -0.25) is 5.32 Å². The molecule has 0 aromatic rings. The van der Waals surface area contributed by atoms with Gasteiger partial charge in [-0.1, -0.05) is 32.6 Å². The molecule has 2 rings (SSSR count). The van der Waals surface area contributed by atoms with Crippen LogP contribution in [0.5, 0.6) is 0 Å².